The number of hydrogen-bond acceptors (Lipinski definition) is 3. The number of carbonyl (C=O) groups excluding carboxylic acids is 1. The number of rotatable bonds is 4. The Hall–Kier alpha value is -1.14. The summed E-state index contributed by atoms with van der Waals surface area (Å²) in [5.41, 5.74) is 1.74. The number of halogens is 3. The summed E-state index contributed by atoms with van der Waals surface area (Å²) >= 11 is 15.2. The lowest BCUT2D eigenvalue weighted by Gasteiger charge is -2.13. The van der Waals surface area contributed by atoms with Crippen LogP contribution in [0.2, 0.25) is 10.2 Å². The molecule has 0 atom stereocenters. The second-order valence-corrected chi connectivity index (χ2v) is 5.79. The molecule has 0 aliphatic carbocycles. The Morgan fingerprint density at radius 2 is 2.19 bits per heavy atom. The van der Waals surface area contributed by atoms with Crippen molar-refractivity contribution in [2.45, 2.75) is 6.61 Å². The van der Waals surface area contributed by atoms with Crippen molar-refractivity contribution >= 4 is 50.7 Å². The van der Waals surface area contributed by atoms with Crippen molar-refractivity contribution in [3.8, 4) is 0 Å². The van der Waals surface area contributed by atoms with E-state index in [1.54, 1.807) is 13.2 Å². The number of anilines is 1. The zero-order chi connectivity index (χ0) is 15.4. The van der Waals surface area contributed by atoms with Gasteiger partial charge in [0, 0.05) is 29.0 Å². The third kappa shape index (κ3) is 3.95. The normalized spacial score (nSPS) is 10.5. The van der Waals surface area contributed by atoms with Crippen LogP contribution in [0.25, 0.3) is 0 Å². The third-order valence-corrected chi connectivity index (χ3v) is 3.97. The fourth-order valence-corrected chi connectivity index (χ4v) is 2.57. The van der Waals surface area contributed by atoms with Crippen LogP contribution in [0.15, 0.2) is 34.9 Å². The molecule has 0 saturated carbocycles. The van der Waals surface area contributed by atoms with Crippen molar-refractivity contribution in [2.24, 2.45) is 0 Å². The van der Waals surface area contributed by atoms with E-state index in [0.717, 1.165) is 10.0 Å². The molecule has 0 fully saturated rings. The molecule has 4 nitrogen and oxygen atoms in total. The van der Waals surface area contributed by atoms with Crippen LogP contribution in [0, 0.1) is 0 Å². The van der Waals surface area contributed by atoms with Crippen molar-refractivity contribution in [3.05, 3.63) is 56.2 Å². The van der Waals surface area contributed by atoms with Crippen molar-refractivity contribution in [1.29, 1.82) is 0 Å². The van der Waals surface area contributed by atoms with Crippen LogP contribution in [0.1, 0.15) is 15.9 Å². The fourth-order valence-electron chi connectivity index (χ4n) is 1.74. The third-order valence-electron chi connectivity index (χ3n) is 2.72. The van der Waals surface area contributed by atoms with Gasteiger partial charge in [0.1, 0.15) is 5.15 Å². The number of amides is 1. The van der Waals surface area contributed by atoms with E-state index in [9.17, 15) is 4.79 Å². The number of nitrogens with zero attached hydrogens (tertiary/aromatic N) is 1. The van der Waals surface area contributed by atoms with Crippen molar-refractivity contribution in [3.63, 3.8) is 0 Å². The molecule has 0 saturated heterocycles. The van der Waals surface area contributed by atoms with Gasteiger partial charge < -0.3 is 10.1 Å². The largest absolute Gasteiger partial charge is 0.380 e. The van der Waals surface area contributed by atoms with Gasteiger partial charge in [-0.15, -0.1) is 0 Å². The Bertz CT molecular complexity index is 680. The lowest BCUT2D eigenvalue weighted by Crippen LogP contribution is -2.14. The molecule has 1 aromatic heterocycles. The number of methoxy groups -OCH3 is 1. The minimum Gasteiger partial charge on any atom is -0.380 e. The highest BCUT2D eigenvalue weighted by atomic mass is 79.9. The molecule has 0 unspecified atom stereocenters. The lowest BCUT2D eigenvalue weighted by atomic mass is 10.1. The van der Waals surface area contributed by atoms with E-state index in [2.05, 4.69) is 26.2 Å². The number of pyridine rings is 1. The summed E-state index contributed by atoms with van der Waals surface area (Å²) < 4.78 is 5.99. The van der Waals surface area contributed by atoms with Gasteiger partial charge in [-0.3, -0.25) is 4.79 Å². The van der Waals surface area contributed by atoms with E-state index in [4.69, 9.17) is 27.9 Å². The maximum atomic E-state index is 12.3. The van der Waals surface area contributed by atoms with Crippen molar-refractivity contribution in [1.82, 2.24) is 4.98 Å². The fraction of sp³-hybridized carbons (Fsp3) is 0.143. The van der Waals surface area contributed by atoms with E-state index >= 15 is 0 Å². The zero-order valence-electron chi connectivity index (χ0n) is 11.0. The molecule has 7 heteroatoms. The number of benzene rings is 1. The van der Waals surface area contributed by atoms with Gasteiger partial charge in [-0.05, 0) is 18.2 Å². The van der Waals surface area contributed by atoms with Gasteiger partial charge in [-0.2, -0.15) is 0 Å². The zero-order valence-corrected chi connectivity index (χ0v) is 14.1. The standard InChI is InChI=1S/C14H11BrCl2N2O2/c1-21-7-9-10(15)3-2-4-12(9)19-14(20)8-5-13(17)18-6-11(8)16/h2-6H,7H2,1H3,(H,19,20). The first-order chi connectivity index (χ1) is 10.0. The van der Waals surface area contributed by atoms with Gasteiger partial charge >= 0.3 is 0 Å². The van der Waals surface area contributed by atoms with Crippen LogP contribution in [0.5, 0.6) is 0 Å². The number of aromatic nitrogens is 1. The smallest absolute Gasteiger partial charge is 0.257 e. The van der Waals surface area contributed by atoms with Crippen molar-refractivity contribution in [2.75, 3.05) is 12.4 Å². The van der Waals surface area contributed by atoms with Gasteiger partial charge in [0.25, 0.3) is 5.91 Å². The molecule has 0 bridgehead atoms. The second kappa shape index (κ2) is 7.22. The number of ether oxygens (including phenoxy) is 1. The first-order valence-electron chi connectivity index (χ1n) is 5.91. The molecule has 0 spiro atoms. The summed E-state index contributed by atoms with van der Waals surface area (Å²) in [4.78, 5) is 16.1. The molecule has 1 heterocycles. The monoisotopic (exact) mass is 388 g/mol. The van der Waals surface area contributed by atoms with E-state index in [1.165, 1.54) is 12.3 Å². The molecule has 0 aliphatic rings. The number of carbonyl (C=O) groups is 1. The molecule has 2 rings (SSSR count). The summed E-state index contributed by atoms with van der Waals surface area (Å²) in [6.45, 7) is 0.363. The van der Waals surface area contributed by atoms with Gasteiger partial charge in [-0.25, -0.2) is 4.98 Å². The Labute approximate surface area is 140 Å². The van der Waals surface area contributed by atoms with Crippen LogP contribution in [-0.4, -0.2) is 18.0 Å². The molecular weight excluding hydrogens is 379 g/mol. The maximum absolute atomic E-state index is 12.3. The van der Waals surface area contributed by atoms with Gasteiger partial charge in [-0.1, -0.05) is 45.2 Å². The highest BCUT2D eigenvalue weighted by Gasteiger charge is 2.15. The van der Waals surface area contributed by atoms with E-state index in [0.29, 0.717) is 12.3 Å². The summed E-state index contributed by atoms with van der Waals surface area (Å²) in [6.07, 6.45) is 1.34. The maximum Gasteiger partial charge on any atom is 0.257 e. The first-order valence-corrected chi connectivity index (χ1v) is 7.46. The van der Waals surface area contributed by atoms with Gasteiger partial charge in [0.15, 0.2) is 0 Å². The number of hydrogen-bond donors (Lipinski definition) is 1. The molecule has 21 heavy (non-hydrogen) atoms. The van der Waals surface area contributed by atoms with Crippen LogP contribution < -0.4 is 5.32 Å². The predicted molar refractivity (Wildman–Crippen MR) is 87.1 cm³/mol. The van der Waals surface area contributed by atoms with Crippen molar-refractivity contribution < 1.29 is 9.53 Å². The minimum atomic E-state index is -0.361. The average molecular weight is 390 g/mol. The van der Waals surface area contributed by atoms with E-state index < -0.39 is 0 Å². The lowest BCUT2D eigenvalue weighted by molar-refractivity contribution is 0.102. The molecule has 110 valence electrons. The molecule has 2 aromatic rings. The summed E-state index contributed by atoms with van der Waals surface area (Å²) in [6, 6.07) is 6.90. The quantitative estimate of drug-likeness (QED) is 0.780. The van der Waals surface area contributed by atoms with Crippen LogP contribution in [0.3, 0.4) is 0 Å². The highest BCUT2D eigenvalue weighted by molar-refractivity contribution is 9.10. The molecule has 1 N–H and O–H groups in total. The minimum absolute atomic E-state index is 0.205. The molecule has 0 radical (unpaired) electrons. The molecule has 0 aliphatic heterocycles. The first kappa shape index (κ1) is 16.2. The van der Waals surface area contributed by atoms with E-state index in [-0.39, 0.29) is 21.6 Å². The van der Waals surface area contributed by atoms with Gasteiger partial charge in [0.05, 0.1) is 17.2 Å². The molecular formula is C14H11BrCl2N2O2. The summed E-state index contributed by atoms with van der Waals surface area (Å²) in [5, 5.41) is 3.24. The SMILES string of the molecule is COCc1c(Br)cccc1NC(=O)c1cc(Cl)ncc1Cl. The van der Waals surface area contributed by atoms with Crippen LogP contribution >= 0.6 is 39.1 Å². The van der Waals surface area contributed by atoms with Crippen LogP contribution in [0.4, 0.5) is 5.69 Å². The Morgan fingerprint density at radius 3 is 2.90 bits per heavy atom. The topological polar surface area (TPSA) is 51.2 Å². The predicted octanol–water partition coefficient (Wildman–Crippen LogP) is 4.55. The number of nitrogens with one attached hydrogen (secondary N) is 1. The summed E-state index contributed by atoms with van der Waals surface area (Å²) in [7, 11) is 1.59. The van der Waals surface area contributed by atoms with E-state index in [1.807, 2.05) is 12.1 Å². The Balaban J connectivity index is 2.31. The van der Waals surface area contributed by atoms with Crippen LogP contribution in [-0.2, 0) is 11.3 Å². The Morgan fingerprint density at radius 1 is 1.43 bits per heavy atom. The molecule has 1 amide bonds. The highest BCUT2D eigenvalue weighted by Crippen LogP contribution is 2.27. The second-order valence-electron chi connectivity index (χ2n) is 4.14. The Kier molecular flexibility index (Phi) is 5.58. The van der Waals surface area contributed by atoms with Gasteiger partial charge in [0.2, 0.25) is 0 Å². The average Bonchev–Trinajstić information content (AvgIpc) is 2.45. The molecule has 1 aromatic carbocycles. The summed E-state index contributed by atoms with van der Waals surface area (Å²) in [5.74, 6) is -0.361.